The lowest BCUT2D eigenvalue weighted by molar-refractivity contribution is 0.0240. The van der Waals surface area contributed by atoms with Gasteiger partial charge in [-0.2, -0.15) is 0 Å². The van der Waals surface area contributed by atoms with Crippen LogP contribution in [0.4, 0.5) is 15.0 Å². The van der Waals surface area contributed by atoms with Crippen molar-refractivity contribution in [1.82, 2.24) is 15.1 Å². The number of fused-ring (bicyclic) bond motifs is 1. The summed E-state index contributed by atoms with van der Waals surface area (Å²) < 4.78 is 29.1. The predicted molar refractivity (Wildman–Crippen MR) is 203 cm³/mol. The molecule has 2 heterocycles. The Morgan fingerprint density at radius 1 is 0.780 bits per heavy atom. The van der Waals surface area contributed by atoms with Crippen molar-refractivity contribution in [3.63, 3.8) is 0 Å². The first kappa shape index (κ1) is 35.6. The second-order valence-corrected chi connectivity index (χ2v) is 19.5. The van der Waals surface area contributed by atoms with Crippen LogP contribution in [0, 0.1) is 5.82 Å². The van der Waals surface area contributed by atoms with Crippen LogP contribution >= 0.6 is 23.2 Å². The molecule has 11 heteroatoms. The molecule has 260 valence electrons. The van der Waals surface area contributed by atoms with E-state index in [0.717, 1.165) is 10.4 Å². The third-order valence-electron chi connectivity index (χ3n) is 8.96. The van der Waals surface area contributed by atoms with Gasteiger partial charge in [0.15, 0.2) is 11.0 Å². The van der Waals surface area contributed by atoms with E-state index in [1.54, 1.807) is 29.2 Å². The molecular weight excluding hydrogens is 690 g/mol. The molecule has 1 fully saturated rings. The lowest BCUT2D eigenvalue weighted by atomic mass is 10.0. The molecule has 0 N–H and O–H groups in total. The van der Waals surface area contributed by atoms with Crippen LogP contribution in [0.15, 0.2) is 91.0 Å². The van der Waals surface area contributed by atoms with Gasteiger partial charge in [-0.05, 0) is 60.4 Å². The molecule has 1 aromatic heterocycles. The van der Waals surface area contributed by atoms with E-state index in [0.29, 0.717) is 59.1 Å². The fraction of sp³-hybridized carbons (Fsp3) is 0.308. The number of piperazine rings is 1. The molecule has 1 saturated heterocycles. The average Bonchev–Trinajstić information content (AvgIpc) is 3.07. The molecule has 0 aliphatic carbocycles. The van der Waals surface area contributed by atoms with Gasteiger partial charge in [0.25, 0.3) is 0 Å². The average molecular weight is 732 g/mol. The molecule has 0 unspecified atom stereocenters. The number of hydrogen-bond acceptors (Lipinski definition) is 6. The fourth-order valence-corrected chi connectivity index (χ4v) is 11.5. The van der Waals surface area contributed by atoms with Crippen LogP contribution in [0.2, 0.25) is 15.2 Å². The molecular formula is C39H41Cl2FN4O3Si. The molecule has 5 aromatic rings. The Balaban J connectivity index is 1.43. The van der Waals surface area contributed by atoms with E-state index in [4.69, 9.17) is 32.4 Å². The maximum Gasteiger partial charge on any atom is 0.410 e. The van der Waals surface area contributed by atoms with Gasteiger partial charge in [0.05, 0.1) is 5.56 Å². The van der Waals surface area contributed by atoms with E-state index in [-0.39, 0.29) is 21.8 Å². The minimum absolute atomic E-state index is 0.167. The van der Waals surface area contributed by atoms with E-state index in [1.165, 1.54) is 6.07 Å². The van der Waals surface area contributed by atoms with Gasteiger partial charge in [0.2, 0.25) is 0 Å². The van der Waals surface area contributed by atoms with Gasteiger partial charge in [-0.1, -0.05) is 111 Å². The summed E-state index contributed by atoms with van der Waals surface area (Å²) in [5, 5.41) is 12.2. The number of ether oxygens (including phenoxy) is 1. The Bertz CT molecular complexity index is 1970. The number of carbonyl (C=O) groups excluding carboxylic acids is 1. The van der Waals surface area contributed by atoms with Gasteiger partial charge in [-0.25, -0.2) is 9.18 Å². The number of benzene rings is 4. The molecule has 0 saturated carbocycles. The van der Waals surface area contributed by atoms with Crippen molar-refractivity contribution >= 4 is 64.6 Å². The lowest BCUT2D eigenvalue weighted by Gasteiger charge is -2.43. The third-order valence-corrected chi connectivity index (χ3v) is 14.5. The predicted octanol–water partition coefficient (Wildman–Crippen LogP) is 8.74. The summed E-state index contributed by atoms with van der Waals surface area (Å²) >= 11 is 13.8. The fourth-order valence-electron chi connectivity index (χ4n) is 6.65. The van der Waals surface area contributed by atoms with E-state index in [2.05, 4.69) is 55.2 Å². The number of amides is 1. The largest absolute Gasteiger partial charge is 0.533 e. The molecule has 7 nitrogen and oxygen atoms in total. The zero-order chi connectivity index (χ0) is 35.8. The first-order chi connectivity index (χ1) is 23.7. The number of aromatic nitrogens is 2. The van der Waals surface area contributed by atoms with Gasteiger partial charge < -0.3 is 19.0 Å². The van der Waals surface area contributed by atoms with Gasteiger partial charge in [-0.3, -0.25) is 0 Å². The van der Waals surface area contributed by atoms with Crippen LogP contribution in [0.1, 0.15) is 41.5 Å². The molecule has 50 heavy (non-hydrogen) atoms. The van der Waals surface area contributed by atoms with E-state index >= 15 is 4.39 Å². The molecule has 1 amide bonds. The number of anilines is 1. The highest BCUT2D eigenvalue weighted by Crippen LogP contribution is 2.45. The Labute approximate surface area is 304 Å². The summed E-state index contributed by atoms with van der Waals surface area (Å²) in [6.45, 7) is 14.0. The van der Waals surface area contributed by atoms with Crippen LogP contribution in [-0.2, 0) is 4.74 Å². The second-order valence-electron chi connectivity index (χ2n) is 14.5. The number of carbonyl (C=O) groups is 1. The standard InChI is InChI=1S/C39H41Cl2FN4O3Si/c1-38(2,3)48-37(47)46-22-20-45(21-23-46)36-29-25-31(40)30(24-28(29)35(41)43-44-36)34-32(42)18-13-19-33(34)49-50(39(4,5)6,26-14-9-7-10-15-26)27-16-11-8-12-17-27/h7-19,24-25H,20-23H2,1-6H3. The van der Waals surface area contributed by atoms with Crippen molar-refractivity contribution in [2.75, 3.05) is 31.1 Å². The van der Waals surface area contributed by atoms with E-state index in [9.17, 15) is 4.79 Å². The summed E-state index contributed by atoms with van der Waals surface area (Å²) in [4.78, 5) is 16.4. The Kier molecular flexibility index (Phi) is 9.87. The second kappa shape index (κ2) is 13.9. The smallest absolute Gasteiger partial charge is 0.410 e. The Morgan fingerprint density at radius 2 is 1.38 bits per heavy atom. The summed E-state index contributed by atoms with van der Waals surface area (Å²) in [5.41, 5.74) is 0.0944. The van der Waals surface area contributed by atoms with Crippen LogP contribution < -0.4 is 19.7 Å². The highest BCUT2D eigenvalue weighted by molar-refractivity contribution is 7.00. The Hall–Kier alpha value is -4.18. The lowest BCUT2D eigenvalue weighted by Crippen LogP contribution is -2.68. The molecule has 6 rings (SSSR count). The minimum atomic E-state index is -3.12. The summed E-state index contributed by atoms with van der Waals surface area (Å²) in [5.74, 6) is 0.495. The van der Waals surface area contributed by atoms with Crippen molar-refractivity contribution in [2.45, 2.75) is 52.2 Å². The normalized spacial score (nSPS) is 14.2. The molecule has 0 bridgehead atoms. The first-order valence-corrected chi connectivity index (χ1v) is 19.3. The molecule has 0 atom stereocenters. The molecule has 1 aliphatic heterocycles. The number of rotatable bonds is 6. The third kappa shape index (κ3) is 6.91. The van der Waals surface area contributed by atoms with Crippen molar-refractivity contribution in [1.29, 1.82) is 0 Å². The SMILES string of the molecule is CC(C)(C)OC(=O)N1CCN(c2nnc(Cl)c3cc(-c4c(F)cccc4O[Si](c4ccccc4)(c4ccccc4)C(C)(C)C)c(Cl)cc23)CC1. The van der Waals surface area contributed by atoms with Crippen LogP contribution in [0.25, 0.3) is 21.9 Å². The molecule has 0 radical (unpaired) electrons. The summed E-state index contributed by atoms with van der Waals surface area (Å²) in [7, 11) is -3.12. The highest BCUT2D eigenvalue weighted by Gasteiger charge is 2.52. The zero-order valence-electron chi connectivity index (χ0n) is 29.1. The van der Waals surface area contributed by atoms with Crippen LogP contribution in [-0.4, -0.2) is 61.3 Å². The molecule has 1 aliphatic rings. The van der Waals surface area contributed by atoms with Crippen molar-refractivity contribution < 1.29 is 18.3 Å². The van der Waals surface area contributed by atoms with E-state index < -0.39 is 19.7 Å². The van der Waals surface area contributed by atoms with Gasteiger partial charge in [-0.15, -0.1) is 10.2 Å². The van der Waals surface area contributed by atoms with Crippen molar-refractivity contribution in [3.05, 3.63) is 107 Å². The first-order valence-electron chi connectivity index (χ1n) is 16.7. The molecule has 0 spiro atoms. The number of hydrogen-bond donors (Lipinski definition) is 0. The molecule has 4 aromatic carbocycles. The van der Waals surface area contributed by atoms with Crippen molar-refractivity contribution in [3.8, 4) is 16.9 Å². The summed E-state index contributed by atoms with van der Waals surface area (Å²) in [6.07, 6.45) is -0.349. The quantitative estimate of drug-likeness (QED) is 0.163. The van der Waals surface area contributed by atoms with Gasteiger partial charge >= 0.3 is 14.4 Å². The van der Waals surface area contributed by atoms with E-state index in [1.807, 2.05) is 62.1 Å². The monoisotopic (exact) mass is 730 g/mol. The Morgan fingerprint density at radius 3 is 1.94 bits per heavy atom. The van der Waals surface area contributed by atoms with Crippen LogP contribution in [0.3, 0.4) is 0 Å². The number of halogens is 3. The van der Waals surface area contributed by atoms with Crippen molar-refractivity contribution in [2.24, 2.45) is 0 Å². The van der Waals surface area contributed by atoms with Gasteiger partial charge in [0, 0.05) is 47.5 Å². The topological polar surface area (TPSA) is 67.8 Å². The minimum Gasteiger partial charge on any atom is -0.533 e. The summed E-state index contributed by atoms with van der Waals surface area (Å²) in [6, 6.07) is 28.8. The van der Waals surface area contributed by atoms with Crippen LogP contribution in [0.5, 0.6) is 5.75 Å². The van der Waals surface area contributed by atoms with Gasteiger partial charge in [0.1, 0.15) is 17.2 Å². The maximum atomic E-state index is 16.2. The number of nitrogens with zero attached hydrogens (tertiary/aromatic N) is 4. The highest BCUT2D eigenvalue weighted by atomic mass is 35.5. The maximum absolute atomic E-state index is 16.2. The zero-order valence-corrected chi connectivity index (χ0v) is 31.6.